The van der Waals surface area contributed by atoms with Crippen LogP contribution in [0.25, 0.3) is 0 Å². The van der Waals surface area contributed by atoms with Crippen LogP contribution in [-0.2, 0) is 13.1 Å². The zero-order valence-corrected chi connectivity index (χ0v) is 15.9. The number of benzene rings is 2. The maximum absolute atomic E-state index is 11.7. The molecule has 1 saturated heterocycles. The molecule has 7 heteroatoms. The fourth-order valence-electron chi connectivity index (χ4n) is 3.61. The summed E-state index contributed by atoms with van der Waals surface area (Å²) < 4.78 is 0. The molecular formula is C21H26N4O3. The number of hydrogen-bond acceptors (Lipinski definition) is 5. The third-order valence-corrected chi connectivity index (χ3v) is 5.16. The van der Waals surface area contributed by atoms with Gasteiger partial charge in [-0.1, -0.05) is 37.1 Å². The highest BCUT2D eigenvalue weighted by atomic mass is 16.6. The molecule has 1 aliphatic rings. The van der Waals surface area contributed by atoms with E-state index in [1.165, 1.54) is 49.4 Å². The van der Waals surface area contributed by atoms with E-state index in [1.54, 1.807) is 0 Å². The Kier molecular flexibility index (Phi) is 6.60. The van der Waals surface area contributed by atoms with Crippen molar-refractivity contribution in [3.8, 4) is 0 Å². The molecule has 1 aliphatic heterocycles. The van der Waals surface area contributed by atoms with E-state index in [2.05, 4.69) is 22.3 Å². The highest BCUT2D eigenvalue weighted by Crippen LogP contribution is 2.23. The van der Waals surface area contributed by atoms with Gasteiger partial charge in [-0.25, -0.2) is 0 Å². The Labute approximate surface area is 164 Å². The van der Waals surface area contributed by atoms with Crippen LogP contribution >= 0.6 is 0 Å². The number of nitro benzene ring substituents is 1. The number of nitro groups is 1. The number of non-ortho nitro benzene ring substituents is 1. The van der Waals surface area contributed by atoms with E-state index in [0.29, 0.717) is 12.2 Å². The van der Waals surface area contributed by atoms with E-state index in [1.807, 2.05) is 12.1 Å². The molecule has 0 bridgehead atoms. The highest BCUT2D eigenvalue weighted by Gasteiger charge is 2.16. The minimum Gasteiger partial charge on any atom is -0.380 e. The molecule has 0 spiro atoms. The van der Waals surface area contributed by atoms with Crippen molar-refractivity contribution in [1.82, 2.24) is 4.90 Å². The van der Waals surface area contributed by atoms with Crippen molar-refractivity contribution in [2.45, 2.75) is 38.8 Å². The minimum atomic E-state index is -0.691. The average Bonchev–Trinajstić information content (AvgIpc) is 2.95. The molecule has 3 N–H and O–H groups in total. The van der Waals surface area contributed by atoms with Gasteiger partial charge in [0.2, 0.25) is 0 Å². The first kappa shape index (κ1) is 19.8. The Morgan fingerprint density at radius 1 is 1.07 bits per heavy atom. The summed E-state index contributed by atoms with van der Waals surface area (Å²) in [6.07, 6.45) is 5.09. The summed E-state index contributed by atoms with van der Waals surface area (Å²) >= 11 is 0. The van der Waals surface area contributed by atoms with Gasteiger partial charge in [-0.05, 0) is 43.1 Å². The molecule has 0 unspecified atom stereocenters. The summed E-state index contributed by atoms with van der Waals surface area (Å²) in [6, 6.07) is 12.4. The van der Waals surface area contributed by atoms with Crippen LogP contribution in [0.1, 0.15) is 47.2 Å². The molecule has 3 rings (SSSR count). The maximum Gasteiger partial charge on any atom is 0.270 e. The smallest absolute Gasteiger partial charge is 0.270 e. The molecular weight excluding hydrogens is 356 g/mol. The van der Waals surface area contributed by atoms with Gasteiger partial charge in [0.15, 0.2) is 0 Å². The molecule has 2 aromatic rings. The van der Waals surface area contributed by atoms with Crippen molar-refractivity contribution >= 4 is 17.3 Å². The lowest BCUT2D eigenvalue weighted by molar-refractivity contribution is -0.384. The predicted octanol–water partition coefficient (Wildman–Crippen LogP) is 3.68. The topological polar surface area (TPSA) is 102 Å². The van der Waals surface area contributed by atoms with Gasteiger partial charge in [-0.3, -0.25) is 19.8 Å². The van der Waals surface area contributed by atoms with Crippen molar-refractivity contribution in [1.29, 1.82) is 0 Å². The van der Waals surface area contributed by atoms with Gasteiger partial charge < -0.3 is 11.1 Å². The fourth-order valence-corrected chi connectivity index (χ4v) is 3.61. The first-order chi connectivity index (χ1) is 13.5. The van der Waals surface area contributed by atoms with Crippen LogP contribution in [0.2, 0.25) is 0 Å². The van der Waals surface area contributed by atoms with Crippen LogP contribution < -0.4 is 11.1 Å². The van der Waals surface area contributed by atoms with Crippen LogP contribution in [0.4, 0.5) is 11.4 Å². The third kappa shape index (κ3) is 5.07. The Balaban J connectivity index is 1.74. The number of hydrogen-bond donors (Lipinski definition) is 2. The summed E-state index contributed by atoms with van der Waals surface area (Å²) in [5, 5.41) is 14.2. The van der Waals surface area contributed by atoms with Crippen LogP contribution in [0.3, 0.4) is 0 Å². The molecule has 148 valence electrons. The monoisotopic (exact) mass is 382 g/mol. The normalized spacial score (nSPS) is 15.0. The van der Waals surface area contributed by atoms with Gasteiger partial charge in [0.1, 0.15) is 0 Å². The number of anilines is 1. The van der Waals surface area contributed by atoms with Crippen molar-refractivity contribution in [2.24, 2.45) is 5.73 Å². The number of amides is 1. The molecule has 1 heterocycles. The van der Waals surface area contributed by atoms with Crippen LogP contribution in [0.5, 0.6) is 0 Å². The molecule has 28 heavy (non-hydrogen) atoms. The largest absolute Gasteiger partial charge is 0.380 e. The molecule has 1 fully saturated rings. The second kappa shape index (κ2) is 9.32. The number of carbonyl (C=O) groups excluding carboxylic acids is 1. The summed E-state index contributed by atoms with van der Waals surface area (Å²) in [5.41, 5.74) is 8.28. The van der Waals surface area contributed by atoms with Gasteiger partial charge in [0.25, 0.3) is 11.6 Å². The highest BCUT2D eigenvalue weighted by molar-refractivity contribution is 5.99. The number of nitrogens with two attached hydrogens (primary N) is 1. The van der Waals surface area contributed by atoms with E-state index in [0.717, 1.165) is 25.2 Å². The van der Waals surface area contributed by atoms with E-state index >= 15 is 0 Å². The molecule has 2 aromatic carbocycles. The predicted molar refractivity (Wildman–Crippen MR) is 109 cm³/mol. The average molecular weight is 382 g/mol. The molecule has 0 saturated carbocycles. The lowest BCUT2D eigenvalue weighted by atomic mass is 10.1. The zero-order chi connectivity index (χ0) is 19.9. The first-order valence-corrected chi connectivity index (χ1v) is 9.66. The SMILES string of the molecule is NC(=O)c1cc([N+](=O)[O-])ccc1NCc1ccccc1CN1CCCCCC1. The zero-order valence-electron chi connectivity index (χ0n) is 15.9. The van der Waals surface area contributed by atoms with E-state index < -0.39 is 10.8 Å². The molecule has 0 atom stereocenters. The second-order valence-corrected chi connectivity index (χ2v) is 7.16. The molecule has 0 aliphatic carbocycles. The Morgan fingerprint density at radius 3 is 2.39 bits per heavy atom. The third-order valence-electron chi connectivity index (χ3n) is 5.16. The summed E-state index contributed by atoms with van der Waals surface area (Å²) in [4.78, 5) is 24.6. The van der Waals surface area contributed by atoms with Gasteiger partial charge in [-0.2, -0.15) is 0 Å². The first-order valence-electron chi connectivity index (χ1n) is 9.66. The lowest BCUT2D eigenvalue weighted by Gasteiger charge is -2.22. The van der Waals surface area contributed by atoms with Crippen LogP contribution in [0.15, 0.2) is 42.5 Å². The van der Waals surface area contributed by atoms with E-state index in [9.17, 15) is 14.9 Å². The quantitative estimate of drug-likeness (QED) is 0.562. The van der Waals surface area contributed by atoms with Crippen LogP contribution in [-0.4, -0.2) is 28.8 Å². The van der Waals surface area contributed by atoms with Crippen molar-refractivity contribution in [3.63, 3.8) is 0 Å². The van der Waals surface area contributed by atoms with Crippen molar-refractivity contribution in [2.75, 3.05) is 18.4 Å². The molecule has 1 amide bonds. The Bertz CT molecular complexity index is 845. The number of nitrogens with one attached hydrogen (secondary N) is 1. The van der Waals surface area contributed by atoms with Crippen LogP contribution in [0, 0.1) is 10.1 Å². The van der Waals surface area contributed by atoms with Crippen molar-refractivity contribution in [3.05, 3.63) is 69.3 Å². The Hall–Kier alpha value is -2.93. The molecule has 7 nitrogen and oxygen atoms in total. The summed E-state index contributed by atoms with van der Waals surface area (Å²) in [7, 11) is 0. The van der Waals surface area contributed by atoms with E-state index in [-0.39, 0.29) is 11.3 Å². The van der Waals surface area contributed by atoms with Gasteiger partial charge in [0.05, 0.1) is 10.5 Å². The maximum atomic E-state index is 11.7. The number of rotatable bonds is 7. The fraction of sp³-hybridized carbons (Fsp3) is 0.381. The lowest BCUT2D eigenvalue weighted by Crippen LogP contribution is -2.24. The second-order valence-electron chi connectivity index (χ2n) is 7.16. The number of nitrogens with zero attached hydrogens (tertiary/aromatic N) is 2. The number of carbonyl (C=O) groups is 1. The minimum absolute atomic E-state index is 0.124. The molecule has 0 aromatic heterocycles. The summed E-state index contributed by atoms with van der Waals surface area (Å²) in [6.45, 7) is 3.66. The molecule has 0 radical (unpaired) electrons. The number of likely N-dealkylation sites (tertiary alicyclic amines) is 1. The number of primary amides is 1. The van der Waals surface area contributed by atoms with Gasteiger partial charge in [0, 0.05) is 30.9 Å². The van der Waals surface area contributed by atoms with Gasteiger partial charge in [-0.15, -0.1) is 0 Å². The van der Waals surface area contributed by atoms with Crippen molar-refractivity contribution < 1.29 is 9.72 Å². The van der Waals surface area contributed by atoms with E-state index in [4.69, 9.17) is 5.73 Å². The standard InChI is InChI=1S/C21H26N4O3/c22-21(26)19-13-18(25(27)28)9-10-20(19)23-14-16-7-3-4-8-17(16)15-24-11-5-1-2-6-12-24/h3-4,7-10,13,23H,1-2,5-6,11-12,14-15H2,(H2,22,26). The summed E-state index contributed by atoms with van der Waals surface area (Å²) in [5.74, 6) is -0.691. The van der Waals surface area contributed by atoms with Gasteiger partial charge >= 0.3 is 0 Å². The Morgan fingerprint density at radius 2 is 1.75 bits per heavy atom.